The number of allylic oxidation sites excluding steroid dienone is 1. The molecule has 4 nitrogen and oxygen atoms in total. The normalized spacial score (nSPS) is 19.2. The van der Waals surface area contributed by atoms with Crippen LogP contribution in [0.15, 0.2) is 64.8 Å². The van der Waals surface area contributed by atoms with Gasteiger partial charge in [0.05, 0.1) is 10.0 Å². The summed E-state index contributed by atoms with van der Waals surface area (Å²) in [7, 11) is 0. The first kappa shape index (κ1) is 20.4. The van der Waals surface area contributed by atoms with E-state index in [0.717, 1.165) is 40.7 Å². The highest BCUT2D eigenvalue weighted by Crippen LogP contribution is 2.49. The van der Waals surface area contributed by atoms with Crippen molar-refractivity contribution in [3.63, 3.8) is 0 Å². The van der Waals surface area contributed by atoms with E-state index in [0.29, 0.717) is 18.6 Å². The number of nitrogens with zero attached hydrogens (tertiary/aromatic N) is 1. The Bertz CT molecular complexity index is 1070. The van der Waals surface area contributed by atoms with Crippen molar-refractivity contribution in [1.82, 2.24) is 4.90 Å². The molecule has 1 spiro atoms. The monoisotopic (exact) mass is 479 g/mol. The van der Waals surface area contributed by atoms with Crippen LogP contribution >= 0.6 is 15.9 Å². The summed E-state index contributed by atoms with van der Waals surface area (Å²) in [6.07, 6.45) is 11.2. The second-order valence-electron chi connectivity index (χ2n) is 8.80. The molecule has 0 amide bonds. The number of fused-ring (bicyclic) bond motifs is 4. The third-order valence-corrected chi connectivity index (χ3v) is 7.44. The maximum Gasteiger partial charge on any atom is 0.333 e. The number of carboxylic acids is 1. The molecule has 5 rings (SSSR count). The maximum absolute atomic E-state index is 11.7. The lowest BCUT2D eigenvalue weighted by molar-refractivity contribution is -0.132. The predicted molar refractivity (Wildman–Crippen MR) is 125 cm³/mol. The largest absolute Gasteiger partial charge is 0.488 e. The van der Waals surface area contributed by atoms with Crippen molar-refractivity contribution in [3.05, 3.63) is 81.5 Å². The Morgan fingerprint density at radius 2 is 1.90 bits per heavy atom. The molecule has 1 N–H and O–H groups in total. The van der Waals surface area contributed by atoms with Crippen LogP contribution < -0.4 is 4.74 Å². The van der Waals surface area contributed by atoms with Gasteiger partial charge >= 0.3 is 5.97 Å². The van der Waals surface area contributed by atoms with Gasteiger partial charge in [-0.1, -0.05) is 55.7 Å². The van der Waals surface area contributed by atoms with Gasteiger partial charge < -0.3 is 14.7 Å². The molecule has 0 bridgehead atoms. The van der Waals surface area contributed by atoms with Gasteiger partial charge in [0.15, 0.2) is 0 Å². The SMILES string of the molecule is O=C(O)C1=CN2C(=CC1)c1cc(Br)c(OCc3ccccc3)cc1CC21CCCCC1. The Balaban J connectivity index is 1.52. The smallest absolute Gasteiger partial charge is 0.333 e. The first-order chi connectivity index (χ1) is 15.1. The van der Waals surface area contributed by atoms with E-state index in [1.54, 1.807) is 0 Å². The quantitative estimate of drug-likeness (QED) is 0.558. The summed E-state index contributed by atoms with van der Waals surface area (Å²) in [5.74, 6) is 0.0399. The Morgan fingerprint density at radius 3 is 2.65 bits per heavy atom. The van der Waals surface area contributed by atoms with Crippen LogP contribution in [0.1, 0.15) is 55.2 Å². The number of carboxylic acid groups (broad SMARTS) is 1. The molecule has 160 valence electrons. The summed E-state index contributed by atoms with van der Waals surface area (Å²) in [4.78, 5) is 14.0. The highest BCUT2D eigenvalue weighted by atomic mass is 79.9. The minimum atomic E-state index is -0.821. The Hall–Kier alpha value is -2.53. The van der Waals surface area contributed by atoms with Gasteiger partial charge in [-0.2, -0.15) is 0 Å². The van der Waals surface area contributed by atoms with Gasteiger partial charge in [0.1, 0.15) is 12.4 Å². The number of hydrogen-bond acceptors (Lipinski definition) is 3. The summed E-state index contributed by atoms with van der Waals surface area (Å²) >= 11 is 3.71. The topological polar surface area (TPSA) is 49.8 Å². The number of aliphatic carboxylic acids is 1. The van der Waals surface area contributed by atoms with Crippen molar-refractivity contribution in [2.45, 2.75) is 57.1 Å². The van der Waals surface area contributed by atoms with Gasteiger partial charge in [-0.3, -0.25) is 0 Å². The second kappa shape index (κ2) is 8.19. The molecule has 31 heavy (non-hydrogen) atoms. The third-order valence-electron chi connectivity index (χ3n) is 6.82. The van der Waals surface area contributed by atoms with Gasteiger partial charge in [-0.25, -0.2) is 4.79 Å². The summed E-state index contributed by atoms with van der Waals surface area (Å²) in [6.45, 7) is 0.531. The van der Waals surface area contributed by atoms with Crippen molar-refractivity contribution in [2.24, 2.45) is 0 Å². The number of carbonyl (C=O) groups is 1. The molecule has 0 unspecified atom stereocenters. The maximum atomic E-state index is 11.7. The summed E-state index contributed by atoms with van der Waals surface area (Å²) < 4.78 is 7.11. The molecule has 1 fully saturated rings. The van der Waals surface area contributed by atoms with Crippen LogP contribution in [0, 0.1) is 0 Å². The van der Waals surface area contributed by atoms with E-state index in [1.165, 1.54) is 30.4 Å². The van der Waals surface area contributed by atoms with Crippen LogP contribution in [0.5, 0.6) is 5.75 Å². The molecule has 2 aromatic carbocycles. The van der Waals surface area contributed by atoms with Crippen LogP contribution in [0.4, 0.5) is 0 Å². The zero-order valence-electron chi connectivity index (χ0n) is 17.4. The molecule has 2 heterocycles. The number of ether oxygens (including phenoxy) is 1. The van der Waals surface area contributed by atoms with Crippen molar-refractivity contribution in [2.75, 3.05) is 0 Å². The molecule has 5 heteroatoms. The minimum absolute atomic E-state index is 0.0390. The fraction of sp³-hybridized carbons (Fsp3) is 0.346. The van der Waals surface area contributed by atoms with Crippen LogP contribution in [0.25, 0.3) is 5.70 Å². The standard InChI is InChI=1S/C26H26BrNO3/c27-22-14-21-20(13-24(22)31-17-18-7-3-1-4-8-18)15-26(11-5-2-6-12-26)28-16-19(25(29)30)9-10-23(21)28/h1,3-4,7-8,10,13-14,16H,2,5-6,9,11-12,15,17H2,(H,29,30). The van der Waals surface area contributed by atoms with Gasteiger partial charge in [-0.05, 0) is 58.5 Å². The summed E-state index contributed by atoms with van der Waals surface area (Å²) in [5, 5.41) is 9.60. The fourth-order valence-electron chi connectivity index (χ4n) is 5.25. The molecular formula is C26H26BrNO3. The zero-order valence-corrected chi connectivity index (χ0v) is 19.0. The lowest BCUT2D eigenvalue weighted by atomic mass is 9.71. The second-order valence-corrected chi connectivity index (χ2v) is 9.65. The first-order valence-electron chi connectivity index (χ1n) is 11.0. The van der Waals surface area contributed by atoms with Crippen molar-refractivity contribution >= 4 is 27.6 Å². The van der Waals surface area contributed by atoms with Gasteiger partial charge in [-0.15, -0.1) is 0 Å². The van der Waals surface area contributed by atoms with Crippen molar-refractivity contribution in [3.8, 4) is 5.75 Å². The molecule has 0 saturated heterocycles. The van der Waals surface area contributed by atoms with E-state index in [9.17, 15) is 9.90 Å². The van der Waals surface area contributed by atoms with E-state index >= 15 is 0 Å². The predicted octanol–water partition coefficient (Wildman–Crippen LogP) is 6.30. The zero-order chi connectivity index (χ0) is 21.4. The van der Waals surface area contributed by atoms with E-state index in [2.05, 4.69) is 51.2 Å². The molecule has 3 aliphatic rings. The molecule has 0 atom stereocenters. The van der Waals surface area contributed by atoms with Crippen molar-refractivity contribution in [1.29, 1.82) is 0 Å². The third kappa shape index (κ3) is 3.80. The fourth-order valence-corrected chi connectivity index (χ4v) is 5.71. The van der Waals surface area contributed by atoms with Gasteiger partial charge in [0.2, 0.25) is 0 Å². The number of halogens is 1. The average molecular weight is 480 g/mol. The van der Waals surface area contributed by atoms with E-state index in [4.69, 9.17) is 4.74 Å². The summed E-state index contributed by atoms with van der Waals surface area (Å²) in [5.41, 5.74) is 5.19. The van der Waals surface area contributed by atoms with Gasteiger partial charge in [0.25, 0.3) is 0 Å². The van der Waals surface area contributed by atoms with E-state index in [1.807, 2.05) is 24.4 Å². The number of hydrogen-bond donors (Lipinski definition) is 1. The van der Waals surface area contributed by atoms with Crippen LogP contribution in [-0.4, -0.2) is 21.5 Å². The molecule has 1 saturated carbocycles. The van der Waals surface area contributed by atoms with Crippen LogP contribution in [0.3, 0.4) is 0 Å². The summed E-state index contributed by atoms with van der Waals surface area (Å²) in [6, 6.07) is 14.5. The van der Waals surface area contributed by atoms with Crippen LogP contribution in [-0.2, 0) is 17.8 Å². The average Bonchev–Trinajstić information content (AvgIpc) is 2.79. The lowest BCUT2D eigenvalue weighted by Gasteiger charge is -2.52. The highest BCUT2D eigenvalue weighted by molar-refractivity contribution is 9.10. The molecule has 0 aromatic heterocycles. The number of benzene rings is 2. The molecule has 2 aliphatic heterocycles. The van der Waals surface area contributed by atoms with Crippen molar-refractivity contribution < 1.29 is 14.6 Å². The molecule has 1 aliphatic carbocycles. The number of rotatable bonds is 4. The first-order valence-corrected chi connectivity index (χ1v) is 11.8. The Morgan fingerprint density at radius 1 is 1.13 bits per heavy atom. The van der Waals surface area contributed by atoms with Crippen LogP contribution in [0.2, 0.25) is 0 Å². The molecule has 2 aromatic rings. The highest BCUT2D eigenvalue weighted by Gasteiger charge is 2.44. The Labute approximate surface area is 191 Å². The Kier molecular flexibility index (Phi) is 5.39. The molecular weight excluding hydrogens is 454 g/mol. The molecule has 0 radical (unpaired) electrons. The lowest BCUT2D eigenvalue weighted by Crippen LogP contribution is -2.51. The van der Waals surface area contributed by atoms with E-state index in [-0.39, 0.29) is 5.54 Å². The minimum Gasteiger partial charge on any atom is -0.488 e. The van der Waals surface area contributed by atoms with E-state index < -0.39 is 5.97 Å². The van der Waals surface area contributed by atoms with Gasteiger partial charge in [0, 0.05) is 29.4 Å².